The molecule has 1 amide bonds. The van der Waals surface area contributed by atoms with Crippen molar-refractivity contribution in [1.29, 1.82) is 0 Å². The average Bonchev–Trinajstić information content (AvgIpc) is 3.05. The van der Waals surface area contributed by atoms with Crippen molar-refractivity contribution in [2.75, 3.05) is 6.61 Å². The van der Waals surface area contributed by atoms with Crippen LogP contribution in [0.4, 0.5) is 13.2 Å². The Morgan fingerprint density at radius 2 is 1.77 bits per heavy atom. The normalized spacial score (nSPS) is 23.4. The van der Waals surface area contributed by atoms with Gasteiger partial charge in [0.15, 0.2) is 6.61 Å². The summed E-state index contributed by atoms with van der Waals surface area (Å²) in [4.78, 5) is 12.6. The highest BCUT2D eigenvalue weighted by atomic mass is 19.4. The first kappa shape index (κ1) is 22.6. The van der Waals surface area contributed by atoms with E-state index in [0.29, 0.717) is 5.75 Å². The topological polar surface area (TPSA) is 62.1 Å². The number of halogens is 3. The number of carbonyl (C=O) groups excluding carboxylic acids is 1. The first-order chi connectivity index (χ1) is 13.9. The predicted molar refractivity (Wildman–Crippen MR) is 107 cm³/mol. The Morgan fingerprint density at radius 3 is 2.30 bits per heavy atom. The summed E-state index contributed by atoms with van der Waals surface area (Å²) in [6.07, 6.45) is -1.40. The zero-order valence-electron chi connectivity index (χ0n) is 17.6. The molecule has 1 heterocycles. The van der Waals surface area contributed by atoms with Gasteiger partial charge < -0.3 is 9.84 Å². The van der Waals surface area contributed by atoms with Crippen LogP contribution in [0.1, 0.15) is 64.9 Å². The molecule has 1 aliphatic heterocycles. The highest BCUT2D eigenvalue weighted by molar-refractivity contribution is 5.92. The molecule has 0 unspecified atom stereocenters. The Kier molecular flexibility index (Phi) is 6.18. The van der Waals surface area contributed by atoms with Crippen LogP contribution < -0.4 is 4.74 Å². The molecule has 1 saturated carbocycles. The summed E-state index contributed by atoms with van der Waals surface area (Å²) >= 11 is 0. The van der Waals surface area contributed by atoms with Gasteiger partial charge in [-0.15, -0.1) is 0 Å². The third kappa shape index (κ3) is 4.63. The minimum absolute atomic E-state index is 0.0582. The third-order valence-corrected chi connectivity index (χ3v) is 5.86. The first-order valence-corrected chi connectivity index (χ1v) is 10.3. The Labute approximate surface area is 174 Å². The van der Waals surface area contributed by atoms with Gasteiger partial charge >= 0.3 is 6.18 Å². The van der Waals surface area contributed by atoms with Crippen LogP contribution in [-0.4, -0.2) is 40.2 Å². The Morgan fingerprint density at radius 1 is 1.17 bits per heavy atom. The lowest BCUT2D eigenvalue weighted by Gasteiger charge is -2.32. The van der Waals surface area contributed by atoms with Crippen LogP contribution in [0.5, 0.6) is 5.75 Å². The van der Waals surface area contributed by atoms with Gasteiger partial charge in [0.25, 0.3) is 11.6 Å². The number of amides is 1. The van der Waals surface area contributed by atoms with Crippen molar-refractivity contribution in [2.45, 2.75) is 76.6 Å². The van der Waals surface area contributed by atoms with Crippen LogP contribution in [0.2, 0.25) is 0 Å². The molecule has 1 aromatic rings. The molecule has 0 radical (unpaired) electrons. The molecule has 5 nitrogen and oxygen atoms in total. The molecule has 166 valence electrons. The zero-order valence-corrected chi connectivity index (χ0v) is 17.6. The van der Waals surface area contributed by atoms with E-state index in [1.165, 1.54) is 0 Å². The summed E-state index contributed by atoms with van der Waals surface area (Å²) in [5.41, 5.74) is -2.07. The Bertz CT molecular complexity index is 793. The number of carbonyl (C=O) groups is 1. The van der Waals surface area contributed by atoms with Crippen LogP contribution in [0, 0.1) is 5.92 Å². The fourth-order valence-corrected chi connectivity index (χ4v) is 3.98. The van der Waals surface area contributed by atoms with Gasteiger partial charge in [0, 0.05) is 12.1 Å². The highest BCUT2D eigenvalue weighted by Gasteiger charge is 2.63. The van der Waals surface area contributed by atoms with E-state index in [2.05, 4.69) is 25.9 Å². The standard InChI is InChI=1S/C22H29F3N2O3/c1-20(2,3)16-9-11-17(12-10-16)30-14-19(28)27-21(29,22(23,24)25)13-18(26-27)15-7-5-4-6-8-15/h9-12,15,29H,4-8,13-14H2,1-3H3/t21-/m1/s1. The van der Waals surface area contributed by atoms with Crippen LogP contribution in [0.25, 0.3) is 0 Å². The van der Waals surface area contributed by atoms with E-state index in [1.54, 1.807) is 12.1 Å². The van der Waals surface area contributed by atoms with Gasteiger partial charge in [0.2, 0.25) is 0 Å². The fourth-order valence-electron chi connectivity index (χ4n) is 3.98. The second-order valence-electron chi connectivity index (χ2n) is 9.19. The summed E-state index contributed by atoms with van der Waals surface area (Å²) in [6, 6.07) is 7.04. The molecule has 1 aliphatic carbocycles. The largest absolute Gasteiger partial charge is 0.484 e. The van der Waals surface area contributed by atoms with Gasteiger partial charge in [0.1, 0.15) is 5.75 Å². The number of benzene rings is 1. The molecule has 30 heavy (non-hydrogen) atoms. The van der Waals surface area contributed by atoms with E-state index >= 15 is 0 Å². The number of ether oxygens (including phenoxy) is 1. The molecule has 1 fully saturated rings. The monoisotopic (exact) mass is 426 g/mol. The first-order valence-electron chi connectivity index (χ1n) is 10.3. The van der Waals surface area contributed by atoms with E-state index in [-0.39, 0.29) is 22.1 Å². The van der Waals surface area contributed by atoms with E-state index in [0.717, 1.165) is 37.7 Å². The predicted octanol–water partition coefficient (Wildman–Crippen LogP) is 4.78. The summed E-state index contributed by atoms with van der Waals surface area (Å²) in [6.45, 7) is 5.52. The number of alkyl halides is 3. The van der Waals surface area contributed by atoms with E-state index in [9.17, 15) is 23.1 Å². The van der Waals surface area contributed by atoms with Gasteiger partial charge in [-0.05, 0) is 41.9 Å². The average molecular weight is 426 g/mol. The van der Waals surface area contributed by atoms with Crippen LogP contribution in [-0.2, 0) is 10.2 Å². The van der Waals surface area contributed by atoms with E-state index in [1.807, 2.05) is 12.1 Å². The number of hydrazone groups is 1. The van der Waals surface area contributed by atoms with Crippen LogP contribution >= 0.6 is 0 Å². The molecular formula is C22H29F3N2O3. The van der Waals surface area contributed by atoms with Gasteiger partial charge in [-0.2, -0.15) is 23.3 Å². The summed E-state index contributed by atoms with van der Waals surface area (Å²) in [5.74, 6) is -0.792. The van der Waals surface area contributed by atoms with Crippen molar-refractivity contribution in [2.24, 2.45) is 11.0 Å². The van der Waals surface area contributed by atoms with Crippen molar-refractivity contribution >= 4 is 11.6 Å². The molecule has 1 atom stereocenters. The lowest BCUT2D eigenvalue weighted by atomic mass is 9.83. The van der Waals surface area contributed by atoms with Crippen LogP contribution in [0.3, 0.4) is 0 Å². The molecular weight excluding hydrogens is 397 g/mol. The number of hydrogen-bond acceptors (Lipinski definition) is 4. The summed E-state index contributed by atoms with van der Waals surface area (Å²) in [7, 11) is 0. The third-order valence-electron chi connectivity index (χ3n) is 5.86. The lowest BCUT2D eigenvalue weighted by molar-refractivity contribution is -0.302. The number of rotatable bonds is 4. The van der Waals surface area contributed by atoms with Crippen molar-refractivity contribution in [3.8, 4) is 5.75 Å². The number of aliphatic hydroxyl groups is 1. The lowest BCUT2D eigenvalue weighted by Crippen LogP contribution is -2.57. The molecule has 1 N–H and O–H groups in total. The van der Waals surface area contributed by atoms with Crippen molar-refractivity contribution in [1.82, 2.24) is 5.01 Å². The van der Waals surface area contributed by atoms with Gasteiger partial charge in [-0.25, -0.2) is 0 Å². The number of hydrogen-bond donors (Lipinski definition) is 1. The SMILES string of the molecule is CC(C)(C)c1ccc(OCC(=O)N2N=C(C3CCCCC3)C[C@@]2(O)C(F)(F)F)cc1. The summed E-state index contributed by atoms with van der Waals surface area (Å²) in [5, 5.41) is 14.5. The van der Waals surface area contributed by atoms with Crippen molar-refractivity contribution in [3.05, 3.63) is 29.8 Å². The molecule has 0 spiro atoms. The molecule has 0 aromatic heterocycles. The Balaban J connectivity index is 1.73. The van der Waals surface area contributed by atoms with E-state index in [4.69, 9.17) is 4.74 Å². The second-order valence-corrected chi connectivity index (χ2v) is 9.19. The van der Waals surface area contributed by atoms with Gasteiger partial charge in [-0.1, -0.05) is 52.2 Å². The minimum Gasteiger partial charge on any atom is -0.484 e. The molecule has 0 saturated heterocycles. The molecule has 0 bridgehead atoms. The molecule has 2 aliphatic rings. The number of nitrogens with zero attached hydrogens (tertiary/aromatic N) is 2. The molecule has 3 rings (SSSR count). The molecule has 8 heteroatoms. The van der Waals surface area contributed by atoms with E-state index < -0.39 is 30.8 Å². The quantitative estimate of drug-likeness (QED) is 0.754. The van der Waals surface area contributed by atoms with Gasteiger partial charge in [-0.3, -0.25) is 4.79 Å². The maximum Gasteiger partial charge on any atom is 0.438 e. The smallest absolute Gasteiger partial charge is 0.438 e. The van der Waals surface area contributed by atoms with Crippen molar-refractivity contribution in [3.63, 3.8) is 0 Å². The van der Waals surface area contributed by atoms with Crippen molar-refractivity contribution < 1.29 is 27.8 Å². The fraction of sp³-hybridized carbons (Fsp3) is 0.636. The zero-order chi connectivity index (χ0) is 22.2. The van der Waals surface area contributed by atoms with Crippen LogP contribution in [0.15, 0.2) is 29.4 Å². The molecule has 1 aromatic carbocycles. The highest BCUT2D eigenvalue weighted by Crippen LogP contribution is 2.43. The minimum atomic E-state index is -5.02. The second kappa shape index (κ2) is 8.21. The maximum atomic E-state index is 13.7. The Hall–Kier alpha value is -2.09. The van der Waals surface area contributed by atoms with Gasteiger partial charge in [0.05, 0.1) is 0 Å². The summed E-state index contributed by atoms with van der Waals surface area (Å²) < 4.78 is 46.4. The maximum absolute atomic E-state index is 13.7.